The minimum absolute atomic E-state index is 0.214. The summed E-state index contributed by atoms with van der Waals surface area (Å²) in [4.78, 5) is 1.36. The number of hydrogen-bond acceptors (Lipinski definition) is 3. The number of rotatable bonds is 6. The minimum atomic E-state index is 0.214. The summed E-state index contributed by atoms with van der Waals surface area (Å²) in [6.45, 7) is 8.06. The fourth-order valence-corrected chi connectivity index (χ4v) is 2.82. The van der Waals surface area contributed by atoms with Crippen molar-refractivity contribution >= 4 is 11.8 Å². The first-order valence-electron chi connectivity index (χ1n) is 6.32. The second-order valence-corrected chi connectivity index (χ2v) is 5.85. The van der Waals surface area contributed by atoms with Crippen molar-refractivity contribution in [3.8, 4) is 0 Å². The van der Waals surface area contributed by atoms with E-state index in [1.165, 1.54) is 10.5 Å². The highest BCUT2D eigenvalue weighted by atomic mass is 32.2. The maximum Gasteiger partial charge on any atom is 0.0598 e. The number of ether oxygens (including phenoxy) is 1. The largest absolute Gasteiger partial charge is 0.379 e. The first kappa shape index (κ1) is 12.9. The number of likely N-dealkylation sites (N-methyl/N-ethyl adjacent to an activating group) is 1. The van der Waals surface area contributed by atoms with Gasteiger partial charge in [0.05, 0.1) is 18.6 Å². The molecule has 1 N–H and O–H groups in total. The molecule has 0 radical (unpaired) electrons. The van der Waals surface area contributed by atoms with Gasteiger partial charge in [-0.2, -0.15) is 0 Å². The Hall–Kier alpha value is -0.510. The van der Waals surface area contributed by atoms with E-state index in [-0.39, 0.29) is 5.41 Å². The Bertz CT molecular complexity index is 346. The minimum Gasteiger partial charge on any atom is -0.379 e. The highest BCUT2D eigenvalue weighted by Gasteiger charge is 2.39. The fourth-order valence-electron chi connectivity index (χ4n) is 2.15. The molecule has 0 aromatic heterocycles. The molecule has 0 spiro atoms. The van der Waals surface area contributed by atoms with E-state index in [2.05, 4.69) is 43.4 Å². The molecule has 1 heterocycles. The molecule has 0 bridgehead atoms. The Morgan fingerprint density at radius 1 is 1.24 bits per heavy atom. The number of hydrogen-bond donors (Lipinski definition) is 1. The zero-order valence-corrected chi connectivity index (χ0v) is 11.5. The van der Waals surface area contributed by atoms with Gasteiger partial charge >= 0.3 is 0 Å². The monoisotopic (exact) mass is 251 g/mol. The second-order valence-electron chi connectivity index (χ2n) is 4.51. The van der Waals surface area contributed by atoms with Crippen molar-refractivity contribution in [3.63, 3.8) is 0 Å². The van der Waals surface area contributed by atoms with Crippen molar-refractivity contribution in [2.24, 2.45) is 0 Å². The first-order chi connectivity index (χ1) is 8.30. The predicted octanol–water partition coefficient (Wildman–Crippen LogP) is 2.68. The molecule has 2 rings (SSSR count). The van der Waals surface area contributed by atoms with E-state index >= 15 is 0 Å². The number of nitrogens with one attached hydrogen (secondary N) is 1. The predicted molar refractivity (Wildman–Crippen MR) is 73.9 cm³/mol. The third kappa shape index (κ3) is 2.84. The molecule has 1 aliphatic rings. The van der Waals surface area contributed by atoms with Crippen molar-refractivity contribution in [2.75, 3.05) is 32.1 Å². The van der Waals surface area contributed by atoms with Crippen LogP contribution in [0.1, 0.15) is 19.4 Å². The molecule has 3 heteroatoms. The van der Waals surface area contributed by atoms with Gasteiger partial charge in [-0.15, -0.1) is 11.8 Å². The van der Waals surface area contributed by atoms with Crippen molar-refractivity contribution < 1.29 is 4.74 Å². The van der Waals surface area contributed by atoms with Gasteiger partial charge in [-0.25, -0.2) is 0 Å². The van der Waals surface area contributed by atoms with Gasteiger partial charge in [-0.05, 0) is 30.0 Å². The Balaban J connectivity index is 2.08. The van der Waals surface area contributed by atoms with Crippen LogP contribution in [-0.4, -0.2) is 32.1 Å². The van der Waals surface area contributed by atoms with E-state index in [9.17, 15) is 0 Å². The van der Waals surface area contributed by atoms with E-state index in [1.807, 2.05) is 11.8 Å². The molecule has 0 saturated carbocycles. The molecule has 17 heavy (non-hydrogen) atoms. The molecule has 1 aromatic carbocycles. The maximum absolute atomic E-state index is 5.42. The molecule has 1 aromatic rings. The van der Waals surface area contributed by atoms with Crippen molar-refractivity contribution in [1.29, 1.82) is 0 Å². The molecular formula is C14H21NOS. The molecule has 1 fully saturated rings. The lowest BCUT2D eigenvalue weighted by Gasteiger charge is -2.42. The van der Waals surface area contributed by atoms with Crippen molar-refractivity contribution in [2.45, 2.75) is 24.2 Å². The van der Waals surface area contributed by atoms with Gasteiger partial charge < -0.3 is 10.1 Å². The standard InChI is InChI=1S/C14H21NOS/c1-3-15-9-14(10-16-11-14)12-5-7-13(8-6-12)17-4-2/h5-8,15H,3-4,9-11H2,1-2H3. The van der Waals surface area contributed by atoms with E-state index in [1.54, 1.807) is 0 Å². The summed E-state index contributed by atoms with van der Waals surface area (Å²) in [6, 6.07) is 8.99. The fraction of sp³-hybridized carbons (Fsp3) is 0.571. The van der Waals surface area contributed by atoms with Crippen LogP contribution in [0.15, 0.2) is 29.2 Å². The van der Waals surface area contributed by atoms with E-state index in [0.717, 1.165) is 32.1 Å². The summed E-state index contributed by atoms with van der Waals surface area (Å²) < 4.78 is 5.42. The van der Waals surface area contributed by atoms with Gasteiger partial charge in [0, 0.05) is 11.4 Å². The van der Waals surface area contributed by atoms with Gasteiger partial charge in [-0.1, -0.05) is 26.0 Å². The van der Waals surface area contributed by atoms with Crippen LogP contribution in [0.25, 0.3) is 0 Å². The Morgan fingerprint density at radius 2 is 1.94 bits per heavy atom. The van der Waals surface area contributed by atoms with Gasteiger partial charge in [0.2, 0.25) is 0 Å². The van der Waals surface area contributed by atoms with E-state index < -0.39 is 0 Å². The third-order valence-electron chi connectivity index (χ3n) is 3.25. The van der Waals surface area contributed by atoms with Gasteiger partial charge in [-0.3, -0.25) is 0 Å². The van der Waals surface area contributed by atoms with Crippen LogP contribution >= 0.6 is 11.8 Å². The Kier molecular flexibility index (Phi) is 4.48. The highest BCUT2D eigenvalue weighted by Crippen LogP contribution is 2.33. The molecule has 0 unspecified atom stereocenters. The average molecular weight is 251 g/mol. The average Bonchev–Trinajstić information content (AvgIpc) is 2.30. The Labute approximate surface area is 108 Å². The zero-order chi connectivity index (χ0) is 12.1. The maximum atomic E-state index is 5.42. The summed E-state index contributed by atoms with van der Waals surface area (Å²) in [7, 11) is 0. The van der Waals surface area contributed by atoms with E-state index in [0.29, 0.717) is 0 Å². The van der Waals surface area contributed by atoms with Crippen LogP contribution in [0, 0.1) is 0 Å². The van der Waals surface area contributed by atoms with Crippen LogP contribution in [0.2, 0.25) is 0 Å². The highest BCUT2D eigenvalue weighted by molar-refractivity contribution is 7.99. The molecule has 94 valence electrons. The van der Waals surface area contributed by atoms with Crippen LogP contribution in [0.3, 0.4) is 0 Å². The van der Waals surface area contributed by atoms with Crippen molar-refractivity contribution in [3.05, 3.63) is 29.8 Å². The molecule has 1 aliphatic heterocycles. The Morgan fingerprint density at radius 3 is 2.41 bits per heavy atom. The summed E-state index contributed by atoms with van der Waals surface area (Å²) in [5.74, 6) is 1.13. The number of thioether (sulfide) groups is 1. The van der Waals surface area contributed by atoms with Gasteiger partial charge in [0.15, 0.2) is 0 Å². The normalized spacial score (nSPS) is 17.8. The SMILES string of the molecule is CCNCC1(c2ccc(SCC)cc2)COC1. The lowest BCUT2D eigenvalue weighted by Crippen LogP contribution is -2.53. The lowest BCUT2D eigenvalue weighted by molar-refractivity contribution is -0.0588. The van der Waals surface area contributed by atoms with Crippen LogP contribution in [0.4, 0.5) is 0 Å². The van der Waals surface area contributed by atoms with Gasteiger partial charge in [0.1, 0.15) is 0 Å². The quantitative estimate of drug-likeness (QED) is 0.785. The van der Waals surface area contributed by atoms with Crippen molar-refractivity contribution in [1.82, 2.24) is 5.32 Å². The topological polar surface area (TPSA) is 21.3 Å². The smallest absolute Gasteiger partial charge is 0.0598 e. The summed E-state index contributed by atoms with van der Waals surface area (Å²) in [5, 5.41) is 3.44. The summed E-state index contributed by atoms with van der Waals surface area (Å²) in [6.07, 6.45) is 0. The molecule has 0 aliphatic carbocycles. The molecule has 1 saturated heterocycles. The molecule has 0 atom stereocenters. The molecule has 0 amide bonds. The third-order valence-corrected chi connectivity index (χ3v) is 4.14. The molecule has 2 nitrogen and oxygen atoms in total. The summed E-state index contributed by atoms with van der Waals surface area (Å²) >= 11 is 1.89. The van der Waals surface area contributed by atoms with E-state index in [4.69, 9.17) is 4.74 Å². The second kappa shape index (κ2) is 5.89. The van der Waals surface area contributed by atoms with Crippen LogP contribution in [0.5, 0.6) is 0 Å². The van der Waals surface area contributed by atoms with Crippen LogP contribution < -0.4 is 5.32 Å². The number of benzene rings is 1. The van der Waals surface area contributed by atoms with Crippen LogP contribution in [-0.2, 0) is 10.2 Å². The lowest BCUT2D eigenvalue weighted by atomic mass is 9.78. The summed E-state index contributed by atoms with van der Waals surface area (Å²) in [5.41, 5.74) is 1.62. The van der Waals surface area contributed by atoms with Gasteiger partial charge in [0.25, 0.3) is 0 Å². The first-order valence-corrected chi connectivity index (χ1v) is 7.31. The zero-order valence-electron chi connectivity index (χ0n) is 10.7. The molecular weight excluding hydrogens is 230 g/mol.